The van der Waals surface area contributed by atoms with Gasteiger partial charge in [-0.05, 0) is 26.0 Å². The Balaban J connectivity index is 2.33. The molecule has 0 aromatic heterocycles. The Bertz CT molecular complexity index is 376. The highest BCUT2D eigenvalue weighted by Gasteiger charge is 2.26. The van der Waals surface area contributed by atoms with Crippen molar-refractivity contribution in [1.82, 2.24) is 0 Å². The zero-order valence-electron chi connectivity index (χ0n) is 8.77. The lowest BCUT2D eigenvalue weighted by molar-refractivity contribution is -0.131. The summed E-state index contributed by atoms with van der Waals surface area (Å²) in [6, 6.07) is 7.33. The molecule has 15 heavy (non-hydrogen) atoms. The minimum Gasteiger partial charge on any atom is -0.481 e. The number of para-hydroxylation sites is 2. The van der Waals surface area contributed by atoms with E-state index in [1.807, 2.05) is 32.0 Å². The van der Waals surface area contributed by atoms with Gasteiger partial charge in [-0.2, -0.15) is 5.06 Å². The standard InChI is InChI=1S/C11H13NO3/c1-8(2)15-12-9-5-3-4-6-10(9)14-7-11(12)13/h3-6,8H,7H2,1-2H3. The molecule has 0 saturated carbocycles. The van der Waals surface area contributed by atoms with Gasteiger partial charge in [0.15, 0.2) is 6.61 Å². The van der Waals surface area contributed by atoms with Gasteiger partial charge in [-0.25, -0.2) is 0 Å². The van der Waals surface area contributed by atoms with Crippen molar-refractivity contribution in [1.29, 1.82) is 0 Å². The van der Waals surface area contributed by atoms with Crippen molar-refractivity contribution >= 4 is 11.6 Å². The number of nitrogens with zero attached hydrogens (tertiary/aromatic N) is 1. The number of carbonyl (C=O) groups excluding carboxylic acids is 1. The highest BCUT2D eigenvalue weighted by molar-refractivity contribution is 5.95. The molecule has 0 saturated heterocycles. The van der Waals surface area contributed by atoms with Crippen molar-refractivity contribution in [2.24, 2.45) is 0 Å². The maximum absolute atomic E-state index is 11.6. The summed E-state index contributed by atoms with van der Waals surface area (Å²) >= 11 is 0. The largest absolute Gasteiger partial charge is 0.481 e. The highest BCUT2D eigenvalue weighted by Crippen LogP contribution is 2.31. The van der Waals surface area contributed by atoms with Gasteiger partial charge in [0.25, 0.3) is 5.91 Å². The van der Waals surface area contributed by atoms with Gasteiger partial charge in [-0.3, -0.25) is 9.63 Å². The molecule has 0 aliphatic carbocycles. The molecule has 1 aliphatic rings. The van der Waals surface area contributed by atoms with Crippen LogP contribution >= 0.6 is 0 Å². The van der Waals surface area contributed by atoms with E-state index in [1.165, 1.54) is 5.06 Å². The maximum atomic E-state index is 11.6. The predicted molar refractivity (Wildman–Crippen MR) is 55.6 cm³/mol. The van der Waals surface area contributed by atoms with Crippen molar-refractivity contribution in [2.45, 2.75) is 20.0 Å². The molecule has 80 valence electrons. The maximum Gasteiger partial charge on any atom is 0.288 e. The summed E-state index contributed by atoms with van der Waals surface area (Å²) < 4.78 is 5.28. The van der Waals surface area contributed by atoms with Gasteiger partial charge in [0, 0.05) is 0 Å². The van der Waals surface area contributed by atoms with E-state index >= 15 is 0 Å². The Labute approximate surface area is 88.4 Å². The van der Waals surface area contributed by atoms with Gasteiger partial charge in [0.05, 0.1) is 6.10 Å². The second-order valence-electron chi connectivity index (χ2n) is 3.60. The second-order valence-corrected chi connectivity index (χ2v) is 3.60. The summed E-state index contributed by atoms with van der Waals surface area (Å²) in [5.41, 5.74) is 0.669. The third-order valence-corrected chi connectivity index (χ3v) is 1.98. The van der Waals surface area contributed by atoms with Crippen LogP contribution in [0.3, 0.4) is 0 Å². The molecule has 0 radical (unpaired) electrons. The number of ether oxygens (including phenoxy) is 1. The lowest BCUT2D eigenvalue weighted by Crippen LogP contribution is -2.40. The van der Waals surface area contributed by atoms with Crippen LogP contribution in [0.4, 0.5) is 5.69 Å². The molecule has 0 N–H and O–H groups in total. The predicted octanol–water partition coefficient (Wildman–Crippen LogP) is 1.75. The van der Waals surface area contributed by atoms with E-state index in [1.54, 1.807) is 6.07 Å². The number of hydrogen-bond donors (Lipinski definition) is 0. The quantitative estimate of drug-likeness (QED) is 0.741. The van der Waals surface area contributed by atoms with Gasteiger partial charge in [0.1, 0.15) is 11.4 Å². The summed E-state index contributed by atoms with van der Waals surface area (Å²) in [5, 5.41) is 1.31. The normalized spacial score (nSPS) is 15.1. The van der Waals surface area contributed by atoms with Crippen LogP contribution in [0.25, 0.3) is 0 Å². The van der Waals surface area contributed by atoms with E-state index in [4.69, 9.17) is 9.57 Å². The molecule has 2 rings (SSSR count). The SMILES string of the molecule is CC(C)ON1C(=O)COc2ccccc21. The lowest BCUT2D eigenvalue weighted by Gasteiger charge is -2.29. The number of rotatable bonds is 2. The van der Waals surface area contributed by atoms with Gasteiger partial charge >= 0.3 is 0 Å². The van der Waals surface area contributed by atoms with Gasteiger partial charge in [0.2, 0.25) is 0 Å². The molecule has 1 aromatic carbocycles. The number of fused-ring (bicyclic) bond motifs is 1. The minimum atomic E-state index is -0.178. The van der Waals surface area contributed by atoms with Crippen LogP contribution < -0.4 is 9.80 Å². The molecule has 1 heterocycles. The number of hydroxylamine groups is 1. The van der Waals surface area contributed by atoms with E-state index in [-0.39, 0.29) is 18.6 Å². The fourth-order valence-electron chi connectivity index (χ4n) is 1.41. The number of anilines is 1. The van der Waals surface area contributed by atoms with E-state index < -0.39 is 0 Å². The Hall–Kier alpha value is -1.55. The first kappa shape index (κ1) is 9.98. The summed E-state index contributed by atoms with van der Waals surface area (Å²) in [4.78, 5) is 17.0. The van der Waals surface area contributed by atoms with E-state index in [9.17, 15) is 4.79 Å². The van der Waals surface area contributed by atoms with Crippen LogP contribution in [-0.2, 0) is 9.63 Å². The van der Waals surface area contributed by atoms with E-state index in [2.05, 4.69) is 0 Å². The fourth-order valence-corrected chi connectivity index (χ4v) is 1.41. The second kappa shape index (κ2) is 3.90. The molecule has 4 heteroatoms. The molecule has 0 spiro atoms. The molecule has 0 unspecified atom stereocenters. The average Bonchev–Trinajstić information content (AvgIpc) is 2.22. The van der Waals surface area contributed by atoms with Gasteiger partial charge < -0.3 is 4.74 Å². The van der Waals surface area contributed by atoms with Crippen molar-refractivity contribution in [3.05, 3.63) is 24.3 Å². The van der Waals surface area contributed by atoms with Crippen molar-refractivity contribution in [2.75, 3.05) is 11.7 Å². The van der Waals surface area contributed by atoms with Crippen LogP contribution in [0.2, 0.25) is 0 Å². The lowest BCUT2D eigenvalue weighted by atomic mass is 10.2. The zero-order chi connectivity index (χ0) is 10.8. The van der Waals surface area contributed by atoms with Crippen LogP contribution in [0, 0.1) is 0 Å². The third kappa shape index (κ3) is 1.94. The van der Waals surface area contributed by atoms with Crippen LogP contribution in [-0.4, -0.2) is 18.6 Å². The zero-order valence-corrected chi connectivity index (χ0v) is 8.77. The Morgan fingerprint density at radius 2 is 2.13 bits per heavy atom. The summed E-state index contributed by atoms with van der Waals surface area (Å²) in [6.07, 6.45) is -0.0416. The summed E-state index contributed by atoms with van der Waals surface area (Å²) in [6.45, 7) is 3.79. The Morgan fingerprint density at radius 1 is 1.40 bits per heavy atom. The van der Waals surface area contributed by atoms with Gasteiger partial charge in [-0.1, -0.05) is 12.1 Å². The minimum absolute atomic E-state index is 0.0315. The first-order valence-electron chi connectivity index (χ1n) is 4.90. The average molecular weight is 207 g/mol. The molecule has 0 bridgehead atoms. The number of carbonyl (C=O) groups is 1. The smallest absolute Gasteiger partial charge is 0.288 e. The summed E-state index contributed by atoms with van der Waals surface area (Å²) in [5.74, 6) is 0.500. The molecule has 0 fully saturated rings. The van der Waals surface area contributed by atoms with E-state index in [0.29, 0.717) is 11.4 Å². The number of hydrogen-bond acceptors (Lipinski definition) is 3. The third-order valence-electron chi connectivity index (χ3n) is 1.98. The number of benzene rings is 1. The molecular formula is C11H13NO3. The van der Waals surface area contributed by atoms with Crippen LogP contribution in [0.15, 0.2) is 24.3 Å². The fraction of sp³-hybridized carbons (Fsp3) is 0.364. The van der Waals surface area contributed by atoms with Crippen LogP contribution in [0.1, 0.15) is 13.8 Å². The molecule has 4 nitrogen and oxygen atoms in total. The van der Waals surface area contributed by atoms with Gasteiger partial charge in [-0.15, -0.1) is 0 Å². The molecular weight excluding hydrogens is 194 g/mol. The number of amides is 1. The summed E-state index contributed by atoms with van der Waals surface area (Å²) in [7, 11) is 0. The molecule has 1 aromatic rings. The molecule has 1 amide bonds. The van der Waals surface area contributed by atoms with Crippen molar-refractivity contribution in [3.63, 3.8) is 0 Å². The first-order chi connectivity index (χ1) is 7.18. The van der Waals surface area contributed by atoms with Crippen molar-refractivity contribution in [3.8, 4) is 5.75 Å². The molecule has 1 aliphatic heterocycles. The first-order valence-corrected chi connectivity index (χ1v) is 4.90. The highest BCUT2D eigenvalue weighted by atomic mass is 16.7. The van der Waals surface area contributed by atoms with Crippen molar-refractivity contribution < 1.29 is 14.4 Å². The Kier molecular flexibility index (Phi) is 2.60. The molecule has 0 atom stereocenters. The topological polar surface area (TPSA) is 38.8 Å². The monoisotopic (exact) mass is 207 g/mol. The van der Waals surface area contributed by atoms with Crippen LogP contribution in [0.5, 0.6) is 5.75 Å². The van der Waals surface area contributed by atoms with E-state index in [0.717, 1.165) is 0 Å². The Morgan fingerprint density at radius 3 is 2.87 bits per heavy atom.